The van der Waals surface area contributed by atoms with Gasteiger partial charge in [-0.1, -0.05) is 47.5 Å². The van der Waals surface area contributed by atoms with E-state index >= 15 is 4.39 Å². The maximum absolute atomic E-state index is 15.1. The molecule has 0 N–H and O–H groups in total. The van der Waals surface area contributed by atoms with Crippen molar-refractivity contribution < 1.29 is 17.6 Å². The van der Waals surface area contributed by atoms with Crippen molar-refractivity contribution in [3.05, 3.63) is 117 Å². The number of aromatic nitrogens is 4. The molecule has 5 nitrogen and oxygen atoms in total. The van der Waals surface area contributed by atoms with Crippen LogP contribution in [0.2, 0.25) is 10.0 Å². The van der Waals surface area contributed by atoms with E-state index in [0.717, 1.165) is 12.3 Å². The maximum atomic E-state index is 15.1. The lowest BCUT2D eigenvalue weighted by Gasteiger charge is -2.17. The summed E-state index contributed by atoms with van der Waals surface area (Å²) in [4.78, 5) is 19.9. The Balaban J connectivity index is 0.000000469. The number of nitrogens with zero attached hydrogens (tertiary/aromatic N) is 4. The van der Waals surface area contributed by atoms with E-state index in [4.69, 9.17) is 23.2 Å². The fourth-order valence-corrected chi connectivity index (χ4v) is 3.96. The highest BCUT2D eigenvalue weighted by molar-refractivity contribution is 6.31. The number of halogens is 6. The number of hydrogen-bond acceptors (Lipinski definition) is 3. The Labute approximate surface area is 218 Å². The molecule has 2 aromatic carbocycles. The van der Waals surface area contributed by atoms with E-state index in [2.05, 4.69) is 9.97 Å². The first-order valence-corrected chi connectivity index (χ1v) is 11.5. The molecule has 5 rings (SSSR count). The number of hydrogen-bond donors (Lipinski definition) is 0. The SMILES string of the molecule is Cn1ccnc1.O=c1cc(-c2cccc(Cl)c2)c2cc(C(F)c3ccc(Cl)cc3)cnc2n1C(F)(F)F. The summed E-state index contributed by atoms with van der Waals surface area (Å²) in [6.07, 6.45) is -0.278. The summed E-state index contributed by atoms with van der Waals surface area (Å²) < 4.78 is 57.3. The summed E-state index contributed by atoms with van der Waals surface area (Å²) >= 11 is 11.8. The van der Waals surface area contributed by atoms with E-state index < -0.39 is 23.7 Å². The molecule has 0 saturated heterocycles. The normalized spacial score (nSPS) is 12.2. The monoisotopic (exact) mass is 548 g/mol. The number of imidazole rings is 1. The highest BCUT2D eigenvalue weighted by atomic mass is 35.5. The highest BCUT2D eigenvalue weighted by Crippen LogP contribution is 2.35. The van der Waals surface area contributed by atoms with Gasteiger partial charge in [-0.25, -0.2) is 18.9 Å². The van der Waals surface area contributed by atoms with Crippen LogP contribution in [0.5, 0.6) is 0 Å². The van der Waals surface area contributed by atoms with Crippen molar-refractivity contribution in [2.45, 2.75) is 12.5 Å². The van der Waals surface area contributed by atoms with Gasteiger partial charge in [0.1, 0.15) is 0 Å². The Hall–Kier alpha value is -3.69. The van der Waals surface area contributed by atoms with E-state index in [1.807, 2.05) is 17.8 Å². The van der Waals surface area contributed by atoms with Gasteiger partial charge in [0.2, 0.25) is 0 Å². The summed E-state index contributed by atoms with van der Waals surface area (Å²) in [6, 6.07) is 14.4. The van der Waals surface area contributed by atoms with Crippen LogP contribution in [0.1, 0.15) is 17.3 Å². The minimum atomic E-state index is -5.00. The topological polar surface area (TPSA) is 52.7 Å². The van der Waals surface area contributed by atoms with Gasteiger partial charge in [0, 0.05) is 52.7 Å². The molecule has 11 heteroatoms. The molecule has 37 heavy (non-hydrogen) atoms. The zero-order valence-corrected chi connectivity index (χ0v) is 20.6. The van der Waals surface area contributed by atoms with Gasteiger partial charge in [-0.15, -0.1) is 13.2 Å². The molecule has 0 spiro atoms. The number of rotatable bonds is 3. The average molecular weight is 549 g/mol. The Morgan fingerprint density at radius 3 is 2.24 bits per heavy atom. The van der Waals surface area contributed by atoms with E-state index in [1.54, 1.807) is 30.7 Å². The predicted octanol–water partition coefficient (Wildman–Crippen LogP) is 7.33. The second-order valence-electron chi connectivity index (χ2n) is 7.99. The van der Waals surface area contributed by atoms with Gasteiger partial charge in [0.25, 0.3) is 5.56 Å². The van der Waals surface area contributed by atoms with E-state index in [9.17, 15) is 18.0 Å². The predicted molar refractivity (Wildman–Crippen MR) is 135 cm³/mol. The van der Waals surface area contributed by atoms with Gasteiger partial charge >= 0.3 is 6.30 Å². The molecule has 1 atom stereocenters. The summed E-state index contributed by atoms with van der Waals surface area (Å²) in [5.74, 6) is 0. The third kappa shape index (κ3) is 6.00. The standard InChI is InChI=1S/C22H12Cl2F4N2O.C4H6N2/c23-15-6-4-12(5-7-15)20(25)14-9-18-17(13-2-1-3-16(24)8-13)10-19(31)30(22(26,27)28)21(18)29-11-14;1-6-3-2-5-4-6/h1-11,20H;2-4H,1H3. The Morgan fingerprint density at radius 2 is 1.68 bits per heavy atom. The van der Waals surface area contributed by atoms with Gasteiger partial charge < -0.3 is 4.57 Å². The smallest absolute Gasteiger partial charge is 0.341 e. The molecule has 5 aromatic rings. The maximum Gasteiger partial charge on any atom is 0.493 e. The minimum Gasteiger partial charge on any atom is -0.341 e. The molecule has 0 amide bonds. The lowest BCUT2D eigenvalue weighted by atomic mass is 9.99. The fraction of sp³-hybridized carbons (Fsp3) is 0.115. The molecule has 3 heterocycles. The Bertz CT molecular complexity index is 1580. The second-order valence-corrected chi connectivity index (χ2v) is 8.86. The van der Waals surface area contributed by atoms with E-state index in [-0.39, 0.29) is 26.6 Å². The van der Waals surface area contributed by atoms with Crippen molar-refractivity contribution >= 4 is 34.2 Å². The van der Waals surface area contributed by atoms with Crippen LogP contribution in [0.4, 0.5) is 17.6 Å². The number of benzene rings is 2. The molecule has 0 radical (unpaired) electrons. The van der Waals surface area contributed by atoms with Crippen LogP contribution < -0.4 is 5.56 Å². The average Bonchev–Trinajstić information content (AvgIpc) is 3.33. The first kappa shape index (κ1) is 26.4. The Kier molecular flexibility index (Phi) is 7.65. The van der Waals surface area contributed by atoms with Gasteiger partial charge in [0.05, 0.1) is 6.33 Å². The van der Waals surface area contributed by atoms with Crippen LogP contribution in [0.3, 0.4) is 0 Å². The first-order valence-electron chi connectivity index (χ1n) is 10.7. The largest absolute Gasteiger partial charge is 0.493 e. The number of alkyl halides is 4. The third-order valence-corrected chi connectivity index (χ3v) is 5.85. The summed E-state index contributed by atoms with van der Waals surface area (Å²) in [6.45, 7) is 0. The lowest BCUT2D eigenvalue weighted by molar-refractivity contribution is -0.203. The highest BCUT2D eigenvalue weighted by Gasteiger charge is 2.35. The summed E-state index contributed by atoms with van der Waals surface area (Å²) in [7, 11) is 1.94. The Morgan fingerprint density at radius 1 is 0.946 bits per heavy atom. The van der Waals surface area contributed by atoms with Gasteiger partial charge in [-0.05, 0) is 47.0 Å². The molecule has 190 valence electrons. The molecule has 0 saturated carbocycles. The summed E-state index contributed by atoms with van der Waals surface area (Å²) in [5, 5.41) is 0.720. The quantitative estimate of drug-likeness (QED) is 0.222. The summed E-state index contributed by atoms with van der Waals surface area (Å²) in [5.41, 5.74) is -1.05. The molecule has 1 unspecified atom stereocenters. The van der Waals surface area contributed by atoms with Crippen molar-refractivity contribution in [2.24, 2.45) is 7.05 Å². The van der Waals surface area contributed by atoms with Crippen molar-refractivity contribution in [3.63, 3.8) is 0 Å². The fourth-order valence-electron chi connectivity index (χ4n) is 3.65. The number of fused-ring (bicyclic) bond motifs is 1. The molecular formula is C26H18Cl2F4N4O. The second kappa shape index (κ2) is 10.7. The van der Waals surface area contributed by atoms with Gasteiger partial charge in [-0.3, -0.25) is 4.79 Å². The zero-order valence-electron chi connectivity index (χ0n) is 19.1. The molecule has 0 bridgehead atoms. The van der Waals surface area contributed by atoms with Crippen LogP contribution >= 0.6 is 23.2 Å². The molecule has 3 aromatic heterocycles. The number of aryl methyl sites for hydroxylation is 1. The third-order valence-electron chi connectivity index (χ3n) is 5.36. The first-order chi connectivity index (χ1) is 17.5. The van der Waals surface area contributed by atoms with Crippen LogP contribution in [0, 0.1) is 0 Å². The molecule has 0 aliphatic carbocycles. The molecule has 0 aliphatic heterocycles. The van der Waals surface area contributed by atoms with Crippen LogP contribution in [0.15, 0.2) is 90.4 Å². The van der Waals surface area contributed by atoms with Crippen molar-refractivity contribution in [3.8, 4) is 11.1 Å². The molecule has 0 aliphatic rings. The minimum absolute atomic E-state index is 0.0328. The van der Waals surface area contributed by atoms with Crippen LogP contribution in [0.25, 0.3) is 22.2 Å². The van der Waals surface area contributed by atoms with Crippen molar-refractivity contribution in [1.29, 1.82) is 0 Å². The zero-order chi connectivity index (χ0) is 26.7. The van der Waals surface area contributed by atoms with Crippen LogP contribution in [-0.2, 0) is 13.3 Å². The van der Waals surface area contributed by atoms with Crippen molar-refractivity contribution in [1.82, 2.24) is 19.1 Å². The lowest BCUT2D eigenvalue weighted by Crippen LogP contribution is -2.31. The molecular weight excluding hydrogens is 531 g/mol. The number of pyridine rings is 2. The van der Waals surface area contributed by atoms with E-state index in [1.165, 1.54) is 36.4 Å². The van der Waals surface area contributed by atoms with Crippen LogP contribution in [-0.4, -0.2) is 19.1 Å². The molecule has 0 fully saturated rings. The van der Waals surface area contributed by atoms with Gasteiger partial charge in [-0.2, -0.15) is 0 Å². The van der Waals surface area contributed by atoms with E-state index in [0.29, 0.717) is 15.6 Å². The van der Waals surface area contributed by atoms with Gasteiger partial charge in [0.15, 0.2) is 11.8 Å². The van der Waals surface area contributed by atoms with Crippen molar-refractivity contribution in [2.75, 3.05) is 0 Å².